The zero-order valence-electron chi connectivity index (χ0n) is 17.3. The first-order chi connectivity index (χ1) is 14.9. The quantitative estimate of drug-likeness (QED) is 0.504. The van der Waals surface area contributed by atoms with Crippen LogP contribution in [0.15, 0.2) is 53.7 Å². The van der Waals surface area contributed by atoms with Crippen LogP contribution in [0.25, 0.3) is 0 Å². The normalized spacial score (nSPS) is 15.9. The van der Waals surface area contributed by atoms with Gasteiger partial charge in [-0.3, -0.25) is 0 Å². The molecule has 0 fully saturated rings. The van der Waals surface area contributed by atoms with Gasteiger partial charge in [-0.2, -0.15) is 0 Å². The van der Waals surface area contributed by atoms with Crippen LogP contribution in [0.1, 0.15) is 43.9 Å². The topological polar surface area (TPSA) is 76.7 Å². The minimum atomic E-state index is -0.603. The fourth-order valence-electron chi connectivity index (χ4n) is 3.32. The van der Waals surface area contributed by atoms with Crippen molar-refractivity contribution in [2.75, 3.05) is 6.61 Å². The van der Waals surface area contributed by atoms with Gasteiger partial charge < -0.3 is 20.1 Å². The summed E-state index contributed by atoms with van der Waals surface area (Å²) in [5.41, 5.74) is 2.58. The highest BCUT2D eigenvalue weighted by Crippen LogP contribution is 2.31. The fourth-order valence-corrected chi connectivity index (χ4v) is 3.78. The van der Waals surface area contributed by atoms with Crippen molar-refractivity contribution in [3.8, 4) is 5.75 Å². The predicted molar refractivity (Wildman–Crippen MR) is 120 cm³/mol. The molecule has 1 unspecified atom stereocenters. The molecule has 8 heteroatoms. The maximum atomic E-state index is 12.6. The molecule has 0 bridgehead atoms. The monoisotopic (exact) mass is 462 g/mol. The second-order valence-corrected chi connectivity index (χ2v) is 7.83. The van der Waals surface area contributed by atoms with E-state index in [1.54, 1.807) is 31.2 Å². The Labute approximate surface area is 191 Å². The fraction of sp³-hybridized carbons (Fsp3) is 0.304. The van der Waals surface area contributed by atoms with Crippen LogP contribution in [-0.4, -0.2) is 18.6 Å². The summed E-state index contributed by atoms with van der Waals surface area (Å²) in [6.07, 6.45) is 1.35. The van der Waals surface area contributed by atoms with Crippen LogP contribution in [0.2, 0.25) is 10.0 Å². The molecule has 0 saturated heterocycles. The Morgan fingerprint density at radius 3 is 2.48 bits per heavy atom. The molecule has 1 heterocycles. The first-order valence-corrected chi connectivity index (χ1v) is 10.8. The molecule has 0 radical (unpaired) electrons. The van der Waals surface area contributed by atoms with Crippen molar-refractivity contribution in [3.63, 3.8) is 0 Å². The molecular weight excluding hydrogens is 439 g/mol. The highest BCUT2D eigenvalue weighted by Gasteiger charge is 2.33. The summed E-state index contributed by atoms with van der Waals surface area (Å²) in [6, 6.07) is 11.5. The molecule has 3 rings (SSSR count). The minimum Gasteiger partial charge on any atom is -0.489 e. The van der Waals surface area contributed by atoms with Crippen LogP contribution in [0, 0.1) is 0 Å². The number of nitrogens with one attached hydrogen (secondary N) is 2. The van der Waals surface area contributed by atoms with Gasteiger partial charge in [-0.25, -0.2) is 9.59 Å². The second kappa shape index (κ2) is 10.6. The Morgan fingerprint density at radius 1 is 1.10 bits per heavy atom. The number of esters is 1. The summed E-state index contributed by atoms with van der Waals surface area (Å²) < 4.78 is 11.1. The van der Waals surface area contributed by atoms with Gasteiger partial charge in [0.15, 0.2) is 0 Å². The van der Waals surface area contributed by atoms with Gasteiger partial charge in [-0.1, -0.05) is 54.7 Å². The number of hydrogen-bond donors (Lipinski definition) is 2. The average Bonchev–Trinajstić information content (AvgIpc) is 2.73. The van der Waals surface area contributed by atoms with Crippen LogP contribution in [0.5, 0.6) is 5.75 Å². The summed E-state index contributed by atoms with van der Waals surface area (Å²) in [7, 11) is 0. The number of amides is 2. The van der Waals surface area contributed by atoms with Crippen molar-refractivity contribution in [2.45, 2.75) is 39.3 Å². The molecule has 0 aliphatic carbocycles. The lowest BCUT2D eigenvalue weighted by Crippen LogP contribution is -2.46. The standard InChI is InChI=1S/C23H24Cl2N2O4/c1-3-5-19-20(22(28)30-4-2)21(27-23(29)26-19)14-7-10-17(11-8-14)31-13-15-6-9-16(24)12-18(15)25/h6-12,21H,3-5,13H2,1-2H3,(H2,26,27,29). The van der Waals surface area contributed by atoms with Crippen molar-refractivity contribution in [2.24, 2.45) is 0 Å². The summed E-state index contributed by atoms with van der Waals surface area (Å²) in [6.45, 7) is 4.27. The number of benzene rings is 2. The molecule has 2 aromatic carbocycles. The molecule has 1 aliphatic rings. The first-order valence-electron chi connectivity index (χ1n) is 10.1. The molecular formula is C23H24Cl2N2O4. The Bertz CT molecular complexity index is 990. The van der Waals surface area contributed by atoms with E-state index in [4.69, 9.17) is 32.7 Å². The van der Waals surface area contributed by atoms with E-state index in [2.05, 4.69) is 10.6 Å². The van der Waals surface area contributed by atoms with Gasteiger partial charge in [0.05, 0.1) is 18.2 Å². The molecule has 31 heavy (non-hydrogen) atoms. The van der Waals surface area contributed by atoms with Crippen molar-refractivity contribution in [3.05, 3.63) is 74.9 Å². The van der Waals surface area contributed by atoms with Crippen LogP contribution < -0.4 is 15.4 Å². The van der Waals surface area contributed by atoms with E-state index in [0.29, 0.717) is 33.5 Å². The second-order valence-electron chi connectivity index (χ2n) is 6.99. The van der Waals surface area contributed by atoms with Crippen molar-refractivity contribution < 1.29 is 19.1 Å². The highest BCUT2D eigenvalue weighted by atomic mass is 35.5. The third kappa shape index (κ3) is 5.71. The van der Waals surface area contributed by atoms with Gasteiger partial charge >= 0.3 is 12.0 Å². The zero-order valence-corrected chi connectivity index (χ0v) is 18.8. The number of carbonyl (C=O) groups excluding carboxylic acids is 2. The Hall–Kier alpha value is -2.70. The average molecular weight is 463 g/mol. The van der Waals surface area contributed by atoms with Gasteiger partial charge in [0.2, 0.25) is 0 Å². The van der Waals surface area contributed by atoms with Crippen LogP contribution in [0.4, 0.5) is 4.79 Å². The van der Waals surface area contributed by atoms with Crippen molar-refractivity contribution in [1.82, 2.24) is 10.6 Å². The maximum absolute atomic E-state index is 12.6. The summed E-state index contributed by atoms with van der Waals surface area (Å²) in [5, 5.41) is 6.67. The van der Waals surface area contributed by atoms with E-state index >= 15 is 0 Å². The van der Waals surface area contributed by atoms with Crippen LogP contribution in [-0.2, 0) is 16.1 Å². The van der Waals surface area contributed by atoms with Crippen molar-refractivity contribution in [1.29, 1.82) is 0 Å². The number of hydrogen-bond acceptors (Lipinski definition) is 4. The van der Waals surface area contributed by atoms with Gasteiger partial charge in [0, 0.05) is 21.3 Å². The number of carbonyl (C=O) groups is 2. The predicted octanol–water partition coefficient (Wildman–Crippen LogP) is 5.54. The summed E-state index contributed by atoms with van der Waals surface area (Å²) in [5.74, 6) is 0.187. The number of ether oxygens (including phenoxy) is 2. The third-order valence-electron chi connectivity index (χ3n) is 4.77. The SMILES string of the molecule is CCCC1=C(C(=O)OCC)C(c2ccc(OCc3ccc(Cl)cc3Cl)cc2)NC(=O)N1. The van der Waals surface area contributed by atoms with E-state index in [-0.39, 0.29) is 19.2 Å². The molecule has 0 aromatic heterocycles. The Morgan fingerprint density at radius 2 is 1.84 bits per heavy atom. The van der Waals surface area contributed by atoms with E-state index < -0.39 is 12.0 Å². The molecule has 1 atom stereocenters. The molecule has 2 amide bonds. The lowest BCUT2D eigenvalue weighted by atomic mass is 9.94. The van der Waals surface area contributed by atoms with Gasteiger partial charge in [0.1, 0.15) is 12.4 Å². The third-order valence-corrected chi connectivity index (χ3v) is 5.36. The number of allylic oxidation sites excluding steroid dienone is 1. The van der Waals surface area contributed by atoms with Gasteiger partial charge in [-0.05, 0) is 43.2 Å². The first kappa shape index (κ1) is 23.0. The maximum Gasteiger partial charge on any atom is 0.338 e. The van der Waals surface area contributed by atoms with Crippen molar-refractivity contribution >= 4 is 35.2 Å². The van der Waals surface area contributed by atoms with E-state index in [1.165, 1.54) is 0 Å². The summed E-state index contributed by atoms with van der Waals surface area (Å²) >= 11 is 12.1. The lowest BCUT2D eigenvalue weighted by molar-refractivity contribution is -0.139. The zero-order chi connectivity index (χ0) is 22.4. The van der Waals surface area contributed by atoms with Gasteiger partial charge in [0.25, 0.3) is 0 Å². The van der Waals surface area contributed by atoms with E-state index in [1.807, 2.05) is 25.1 Å². The summed E-state index contributed by atoms with van der Waals surface area (Å²) in [4.78, 5) is 24.8. The largest absolute Gasteiger partial charge is 0.489 e. The van der Waals surface area contributed by atoms with Gasteiger partial charge in [-0.15, -0.1) is 0 Å². The molecule has 1 aliphatic heterocycles. The smallest absolute Gasteiger partial charge is 0.338 e. The molecule has 164 valence electrons. The molecule has 0 spiro atoms. The Kier molecular flexibility index (Phi) is 7.82. The van der Waals surface area contributed by atoms with Crippen LogP contribution in [0.3, 0.4) is 0 Å². The van der Waals surface area contributed by atoms with E-state index in [0.717, 1.165) is 17.5 Å². The lowest BCUT2D eigenvalue weighted by Gasteiger charge is -2.29. The highest BCUT2D eigenvalue weighted by molar-refractivity contribution is 6.35. The van der Waals surface area contributed by atoms with Crippen LogP contribution >= 0.6 is 23.2 Å². The molecule has 0 saturated carbocycles. The number of rotatable bonds is 8. The Balaban J connectivity index is 1.81. The number of halogens is 2. The number of urea groups is 1. The molecule has 6 nitrogen and oxygen atoms in total. The minimum absolute atomic E-state index is 0.252. The van der Waals surface area contributed by atoms with E-state index in [9.17, 15) is 9.59 Å². The molecule has 2 aromatic rings. The molecule has 2 N–H and O–H groups in total.